The Hall–Kier alpha value is -0.540. The molecular formula is C17H25BrO2. The van der Waals surface area contributed by atoms with Gasteiger partial charge in [0.1, 0.15) is 5.75 Å². The van der Waals surface area contributed by atoms with E-state index in [0.29, 0.717) is 0 Å². The Morgan fingerprint density at radius 1 is 1.20 bits per heavy atom. The summed E-state index contributed by atoms with van der Waals surface area (Å²) in [7, 11) is 1.68. The standard InChI is InChI=1S/C17H25BrO2/c1-9-8-11(18)10(2)12(14(9)20-7)13(19)15-16(3,4)17(15,5)6/h8,13,15,19H,1-7H3. The van der Waals surface area contributed by atoms with Crippen molar-refractivity contribution < 1.29 is 9.84 Å². The lowest BCUT2D eigenvalue weighted by Gasteiger charge is -2.22. The van der Waals surface area contributed by atoms with Crippen molar-refractivity contribution in [2.75, 3.05) is 7.11 Å². The van der Waals surface area contributed by atoms with Gasteiger partial charge in [0.05, 0.1) is 13.2 Å². The van der Waals surface area contributed by atoms with Gasteiger partial charge >= 0.3 is 0 Å². The van der Waals surface area contributed by atoms with Crippen LogP contribution in [0.1, 0.15) is 50.5 Å². The van der Waals surface area contributed by atoms with Gasteiger partial charge in [0.2, 0.25) is 0 Å². The van der Waals surface area contributed by atoms with Crippen molar-refractivity contribution in [3.8, 4) is 5.75 Å². The van der Waals surface area contributed by atoms with Crippen molar-refractivity contribution in [1.82, 2.24) is 0 Å². The number of rotatable bonds is 3. The van der Waals surface area contributed by atoms with Crippen molar-refractivity contribution >= 4 is 15.9 Å². The van der Waals surface area contributed by atoms with E-state index in [1.54, 1.807) is 7.11 Å². The summed E-state index contributed by atoms with van der Waals surface area (Å²) in [5, 5.41) is 11.0. The molecule has 0 heterocycles. The summed E-state index contributed by atoms with van der Waals surface area (Å²) < 4.78 is 6.60. The van der Waals surface area contributed by atoms with Gasteiger partial charge < -0.3 is 9.84 Å². The van der Waals surface area contributed by atoms with Crippen LogP contribution in [-0.4, -0.2) is 12.2 Å². The van der Waals surface area contributed by atoms with Crippen molar-refractivity contribution in [2.45, 2.75) is 47.6 Å². The number of methoxy groups -OCH3 is 1. The summed E-state index contributed by atoms with van der Waals surface area (Å²) in [6.07, 6.45) is -0.494. The maximum Gasteiger partial charge on any atom is 0.127 e. The highest BCUT2D eigenvalue weighted by atomic mass is 79.9. The van der Waals surface area contributed by atoms with Crippen LogP contribution < -0.4 is 4.74 Å². The Morgan fingerprint density at radius 3 is 2.10 bits per heavy atom. The number of hydrogen-bond donors (Lipinski definition) is 1. The monoisotopic (exact) mass is 340 g/mol. The molecule has 3 heteroatoms. The molecular weight excluding hydrogens is 316 g/mol. The van der Waals surface area contributed by atoms with Gasteiger partial charge in [-0.1, -0.05) is 43.6 Å². The number of aryl methyl sites for hydroxylation is 1. The average molecular weight is 341 g/mol. The number of benzene rings is 1. The van der Waals surface area contributed by atoms with Crippen LogP contribution in [0.15, 0.2) is 10.5 Å². The lowest BCUT2D eigenvalue weighted by molar-refractivity contribution is 0.126. The van der Waals surface area contributed by atoms with Crippen molar-refractivity contribution in [3.05, 3.63) is 27.2 Å². The van der Waals surface area contributed by atoms with E-state index in [2.05, 4.69) is 43.6 Å². The van der Waals surface area contributed by atoms with Crippen molar-refractivity contribution in [3.63, 3.8) is 0 Å². The van der Waals surface area contributed by atoms with Crippen LogP contribution in [0.25, 0.3) is 0 Å². The molecule has 1 atom stereocenters. The molecule has 0 amide bonds. The normalized spacial score (nSPS) is 21.6. The minimum absolute atomic E-state index is 0.139. The van der Waals surface area contributed by atoms with Crippen LogP contribution in [0.5, 0.6) is 5.75 Å². The van der Waals surface area contributed by atoms with Gasteiger partial charge in [-0.3, -0.25) is 0 Å². The first-order valence-corrected chi connectivity index (χ1v) is 7.88. The van der Waals surface area contributed by atoms with E-state index >= 15 is 0 Å². The molecule has 1 unspecified atom stereocenters. The number of halogens is 1. The molecule has 20 heavy (non-hydrogen) atoms. The Bertz CT molecular complexity index is 532. The zero-order valence-electron chi connectivity index (χ0n) is 13.5. The van der Waals surface area contributed by atoms with Crippen LogP contribution in [0.3, 0.4) is 0 Å². The van der Waals surface area contributed by atoms with E-state index in [1.807, 2.05) is 19.9 Å². The van der Waals surface area contributed by atoms with Gasteiger partial charge in [-0.2, -0.15) is 0 Å². The summed E-state index contributed by atoms with van der Waals surface area (Å²) in [6, 6.07) is 2.05. The van der Waals surface area contributed by atoms with Gasteiger partial charge in [-0.05, 0) is 41.9 Å². The molecule has 1 aliphatic carbocycles. The maximum absolute atomic E-state index is 11.0. The molecule has 0 aromatic heterocycles. The molecule has 2 nitrogen and oxygen atoms in total. The second-order valence-corrected chi connectivity index (χ2v) is 7.97. The molecule has 0 radical (unpaired) electrons. The zero-order valence-corrected chi connectivity index (χ0v) is 15.1. The highest BCUT2D eigenvalue weighted by molar-refractivity contribution is 9.10. The number of hydrogen-bond acceptors (Lipinski definition) is 2. The number of aliphatic hydroxyl groups excluding tert-OH is 1. The third-order valence-electron chi connectivity index (χ3n) is 5.66. The predicted molar refractivity (Wildman–Crippen MR) is 86.2 cm³/mol. The van der Waals surface area contributed by atoms with E-state index < -0.39 is 6.10 Å². The van der Waals surface area contributed by atoms with E-state index in [4.69, 9.17) is 4.74 Å². The molecule has 112 valence electrons. The van der Waals surface area contributed by atoms with Crippen molar-refractivity contribution in [2.24, 2.45) is 16.7 Å². The summed E-state index contributed by atoms with van der Waals surface area (Å²) in [6.45, 7) is 13.0. The maximum atomic E-state index is 11.0. The van der Waals surface area contributed by atoms with Gasteiger partial charge in [0.15, 0.2) is 0 Å². The Kier molecular flexibility index (Phi) is 3.75. The smallest absolute Gasteiger partial charge is 0.127 e. The predicted octanol–water partition coefficient (Wildman–Crippen LogP) is 4.79. The molecule has 1 aromatic carbocycles. The van der Waals surface area contributed by atoms with Crippen LogP contribution in [-0.2, 0) is 0 Å². The van der Waals surface area contributed by atoms with E-state index in [-0.39, 0.29) is 16.7 Å². The van der Waals surface area contributed by atoms with Crippen LogP contribution >= 0.6 is 15.9 Å². The Balaban J connectivity index is 2.54. The molecule has 1 saturated carbocycles. The highest BCUT2D eigenvalue weighted by Crippen LogP contribution is 2.72. The fourth-order valence-corrected chi connectivity index (χ4v) is 4.26. The second kappa shape index (κ2) is 4.74. The quantitative estimate of drug-likeness (QED) is 0.856. The zero-order chi connectivity index (χ0) is 15.5. The summed E-state index contributed by atoms with van der Waals surface area (Å²) in [5.74, 6) is 1.06. The molecule has 0 bridgehead atoms. The fraction of sp³-hybridized carbons (Fsp3) is 0.647. The number of aliphatic hydroxyl groups is 1. The SMILES string of the molecule is COc1c(C)cc(Br)c(C)c1C(O)C1C(C)(C)C1(C)C. The second-order valence-electron chi connectivity index (χ2n) is 7.11. The molecule has 1 aliphatic rings. The van der Waals surface area contributed by atoms with Gasteiger partial charge in [0, 0.05) is 16.0 Å². The van der Waals surface area contributed by atoms with Gasteiger partial charge in [0.25, 0.3) is 0 Å². The van der Waals surface area contributed by atoms with Crippen LogP contribution in [0.2, 0.25) is 0 Å². The third-order valence-corrected chi connectivity index (χ3v) is 6.48. The topological polar surface area (TPSA) is 29.5 Å². The highest BCUT2D eigenvalue weighted by Gasteiger charge is 2.67. The summed E-state index contributed by atoms with van der Waals surface area (Å²) in [5.41, 5.74) is 3.33. The first kappa shape index (κ1) is 15.8. The Labute approximate surface area is 130 Å². The van der Waals surface area contributed by atoms with Gasteiger partial charge in [-0.25, -0.2) is 0 Å². The molecule has 1 aromatic rings. The van der Waals surface area contributed by atoms with E-state index in [9.17, 15) is 5.11 Å². The lowest BCUT2D eigenvalue weighted by Crippen LogP contribution is -2.10. The first-order valence-electron chi connectivity index (χ1n) is 7.09. The first-order chi connectivity index (χ1) is 9.07. The minimum atomic E-state index is -0.494. The van der Waals surface area contributed by atoms with E-state index in [0.717, 1.165) is 26.9 Å². The molecule has 2 rings (SSSR count). The van der Waals surface area contributed by atoms with Crippen LogP contribution in [0, 0.1) is 30.6 Å². The molecule has 0 spiro atoms. The average Bonchev–Trinajstić information content (AvgIpc) is 2.73. The lowest BCUT2D eigenvalue weighted by atomic mass is 9.93. The minimum Gasteiger partial charge on any atom is -0.496 e. The third kappa shape index (κ3) is 2.01. The Morgan fingerprint density at radius 2 is 1.70 bits per heavy atom. The summed E-state index contributed by atoms with van der Waals surface area (Å²) >= 11 is 3.59. The molecule has 1 fully saturated rings. The number of ether oxygens (including phenoxy) is 1. The van der Waals surface area contributed by atoms with Gasteiger partial charge in [-0.15, -0.1) is 0 Å². The summed E-state index contributed by atoms with van der Waals surface area (Å²) in [4.78, 5) is 0. The molecule has 0 aliphatic heterocycles. The molecule has 1 N–H and O–H groups in total. The van der Waals surface area contributed by atoms with Crippen molar-refractivity contribution in [1.29, 1.82) is 0 Å². The largest absolute Gasteiger partial charge is 0.496 e. The fourth-order valence-electron chi connectivity index (χ4n) is 3.71. The van der Waals surface area contributed by atoms with Crippen LogP contribution in [0.4, 0.5) is 0 Å². The van der Waals surface area contributed by atoms with E-state index in [1.165, 1.54) is 0 Å². The molecule has 0 saturated heterocycles.